The molecule has 1 aromatic heterocycles. The minimum Gasteiger partial charge on any atom is -0.272 e. The molecular formula is C24H19ClN6O3S. The predicted molar refractivity (Wildman–Crippen MR) is 136 cm³/mol. The Bertz CT molecular complexity index is 1390. The van der Waals surface area contributed by atoms with E-state index in [1.165, 1.54) is 30.1 Å². The molecule has 0 saturated carbocycles. The summed E-state index contributed by atoms with van der Waals surface area (Å²) in [5.74, 6) is 0.303. The number of rotatable bonds is 8. The van der Waals surface area contributed by atoms with Crippen molar-refractivity contribution in [3.05, 3.63) is 99.1 Å². The van der Waals surface area contributed by atoms with Crippen molar-refractivity contribution in [2.75, 3.05) is 5.75 Å². The van der Waals surface area contributed by atoms with E-state index in [-0.39, 0.29) is 17.3 Å². The van der Waals surface area contributed by atoms with Crippen molar-refractivity contribution < 1.29 is 9.72 Å². The molecule has 0 radical (unpaired) electrons. The molecule has 176 valence electrons. The third-order valence-corrected chi connectivity index (χ3v) is 6.03. The van der Waals surface area contributed by atoms with E-state index in [2.05, 4.69) is 20.7 Å². The monoisotopic (exact) mass is 506 g/mol. The Kier molecular flexibility index (Phi) is 7.54. The molecule has 3 aromatic carbocycles. The van der Waals surface area contributed by atoms with Gasteiger partial charge >= 0.3 is 0 Å². The summed E-state index contributed by atoms with van der Waals surface area (Å²) < 4.78 is 1.88. The minimum absolute atomic E-state index is 0.0386. The van der Waals surface area contributed by atoms with Crippen LogP contribution >= 0.6 is 23.4 Å². The molecule has 0 saturated heterocycles. The van der Waals surface area contributed by atoms with Crippen molar-refractivity contribution in [2.24, 2.45) is 5.10 Å². The molecule has 0 fully saturated rings. The molecular weight excluding hydrogens is 488 g/mol. The van der Waals surface area contributed by atoms with Gasteiger partial charge in [0.05, 0.1) is 16.9 Å². The molecule has 0 aliphatic rings. The largest absolute Gasteiger partial charge is 0.272 e. The number of nitro groups is 1. The number of halogens is 1. The van der Waals surface area contributed by atoms with Crippen LogP contribution in [0.3, 0.4) is 0 Å². The van der Waals surface area contributed by atoms with Crippen molar-refractivity contribution in [1.82, 2.24) is 20.2 Å². The molecule has 4 rings (SSSR count). The van der Waals surface area contributed by atoms with Crippen LogP contribution in [-0.4, -0.2) is 37.6 Å². The standard InChI is InChI=1S/C24H19ClN6O3S/c1-16-5-11-20(12-6-16)30-23(18-7-9-19(25)10-8-18)28-29-24(30)35-15-22(32)27-26-14-17-3-2-4-21(13-17)31(33)34/h2-14H,15H2,1H3,(H,27,32)/b26-14+. The maximum atomic E-state index is 12.4. The van der Waals surface area contributed by atoms with Gasteiger partial charge in [0.1, 0.15) is 0 Å². The molecule has 0 atom stereocenters. The Morgan fingerprint density at radius 3 is 2.60 bits per heavy atom. The maximum Gasteiger partial charge on any atom is 0.270 e. The number of benzene rings is 3. The van der Waals surface area contributed by atoms with Crippen molar-refractivity contribution in [3.63, 3.8) is 0 Å². The average molecular weight is 507 g/mol. The molecule has 35 heavy (non-hydrogen) atoms. The third kappa shape index (κ3) is 6.11. The first kappa shape index (κ1) is 24.1. The first-order chi connectivity index (χ1) is 16.9. The highest BCUT2D eigenvalue weighted by Gasteiger charge is 2.17. The molecule has 1 amide bonds. The van der Waals surface area contributed by atoms with E-state index in [4.69, 9.17) is 11.6 Å². The van der Waals surface area contributed by atoms with Crippen molar-refractivity contribution in [3.8, 4) is 17.1 Å². The molecule has 0 aliphatic heterocycles. The molecule has 1 heterocycles. The van der Waals surface area contributed by atoms with E-state index in [1.807, 2.05) is 47.9 Å². The number of carbonyl (C=O) groups is 1. The van der Waals surface area contributed by atoms with E-state index < -0.39 is 4.92 Å². The Balaban J connectivity index is 1.49. The fourth-order valence-corrected chi connectivity index (χ4v) is 4.01. The van der Waals surface area contributed by atoms with Crippen LogP contribution in [0.4, 0.5) is 5.69 Å². The summed E-state index contributed by atoms with van der Waals surface area (Å²) in [7, 11) is 0. The number of hydrogen-bond acceptors (Lipinski definition) is 7. The van der Waals surface area contributed by atoms with Gasteiger partial charge in [0.15, 0.2) is 11.0 Å². The molecule has 0 aliphatic carbocycles. The Morgan fingerprint density at radius 1 is 1.14 bits per heavy atom. The van der Waals surface area contributed by atoms with Crippen LogP contribution in [0.25, 0.3) is 17.1 Å². The summed E-state index contributed by atoms with van der Waals surface area (Å²) in [4.78, 5) is 22.7. The summed E-state index contributed by atoms with van der Waals surface area (Å²) in [6.07, 6.45) is 1.35. The number of hydrazone groups is 1. The van der Waals surface area contributed by atoms with Gasteiger partial charge in [-0.05, 0) is 43.3 Å². The topological polar surface area (TPSA) is 115 Å². The van der Waals surface area contributed by atoms with Crippen LogP contribution in [0.15, 0.2) is 83.1 Å². The normalized spacial score (nSPS) is 11.0. The van der Waals surface area contributed by atoms with Gasteiger partial charge in [0, 0.05) is 34.0 Å². The molecule has 0 spiro atoms. The van der Waals surface area contributed by atoms with Crippen molar-refractivity contribution in [2.45, 2.75) is 12.1 Å². The highest BCUT2D eigenvalue weighted by atomic mass is 35.5. The van der Waals surface area contributed by atoms with E-state index >= 15 is 0 Å². The highest BCUT2D eigenvalue weighted by Crippen LogP contribution is 2.28. The van der Waals surface area contributed by atoms with Crippen molar-refractivity contribution in [1.29, 1.82) is 0 Å². The van der Waals surface area contributed by atoms with Gasteiger partial charge in [-0.15, -0.1) is 10.2 Å². The van der Waals surface area contributed by atoms with Crippen LogP contribution in [0, 0.1) is 17.0 Å². The maximum absolute atomic E-state index is 12.4. The van der Waals surface area contributed by atoms with Gasteiger partial charge in [-0.2, -0.15) is 5.10 Å². The summed E-state index contributed by atoms with van der Waals surface area (Å²) in [6.45, 7) is 2.00. The van der Waals surface area contributed by atoms with Gasteiger partial charge in [-0.3, -0.25) is 19.5 Å². The second kappa shape index (κ2) is 10.9. The number of nitrogens with one attached hydrogen (secondary N) is 1. The molecule has 11 heteroatoms. The van der Waals surface area contributed by atoms with Gasteiger partial charge in [-0.25, -0.2) is 5.43 Å². The second-order valence-corrected chi connectivity index (χ2v) is 8.80. The fourth-order valence-electron chi connectivity index (χ4n) is 3.14. The Labute approximate surface area is 210 Å². The number of aryl methyl sites for hydroxylation is 1. The summed E-state index contributed by atoms with van der Waals surface area (Å²) in [6, 6.07) is 21.2. The zero-order chi connectivity index (χ0) is 24.8. The van der Waals surface area contributed by atoms with Crippen molar-refractivity contribution >= 4 is 41.2 Å². The predicted octanol–water partition coefficient (Wildman–Crippen LogP) is 5.05. The number of non-ortho nitro benzene ring substituents is 1. The van der Waals surface area contributed by atoms with Gasteiger partial charge in [0.25, 0.3) is 11.6 Å². The van der Waals surface area contributed by atoms with Gasteiger partial charge in [-0.1, -0.05) is 53.2 Å². The number of hydrogen-bond donors (Lipinski definition) is 1. The first-order valence-electron chi connectivity index (χ1n) is 10.4. The van der Waals surface area contributed by atoms with Gasteiger partial charge in [0.2, 0.25) is 0 Å². The van der Waals surface area contributed by atoms with Gasteiger partial charge < -0.3 is 0 Å². The average Bonchev–Trinajstić information content (AvgIpc) is 3.28. The lowest BCUT2D eigenvalue weighted by molar-refractivity contribution is -0.384. The van der Waals surface area contributed by atoms with Crippen LogP contribution < -0.4 is 5.43 Å². The quantitative estimate of drug-likeness (QED) is 0.155. The number of nitrogens with zero attached hydrogens (tertiary/aromatic N) is 5. The van der Waals surface area contributed by atoms with E-state index in [1.54, 1.807) is 24.3 Å². The Hall–Kier alpha value is -4.02. The number of nitro benzene ring substituents is 1. The van der Waals surface area contributed by atoms with Crippen LogP contribution in [0.2, 0.25) is 5.02 Å². The molecule has 9 nitrogen and oxygen atoms in total. The fraction of sp³-hybridized carbons (Fsp3) is 0.0833. The van der Waals surface area contributed by atoms with Crippen LogP contribution in [0.5, 0.6) is 0 Å². The van der Waals surface area contributed by atoms with E-state index in [0.717, 1.165) is 16.8 Å². The zero-order valence-corrected chi connectivity index (χ0v) is 20.0. The SMILES string of the molecule is Cc1ccc(-n2c(SCC(=O)N/N=C/c3cccc([N+](=O)[O-])c3)nnc2-c2ccc(Cl)cc2)cc1. The summed E-state index contributed by atoms with van der Waals surface area (Å²) in [5.41, 5.74) is 5.68. The minimum atomic E-state index is -0.491. The summed E-state index contributed by atoms with van der Waals surface area (Å²) >= 11 is 7.25. The number of amides is 1. The smallest absolute Gasteiger partial charge is 0.270 e. The molecule has 1 N–H and O–H groups in total. The molecule has 4 aromatic rings. The van der Waals surface area contributed by atoms with Crippen LogP contribution in [0.1, 0.15) is 11.1 Å². The van der Waals surface area contributed by atoms with Crippen LogP contribution in [-0.2, 0) is 4.79 Å². The first-order valence-corrected chi connectivity index (χ1v) is 11.7. The number of aromatic nitrogens is 3. The highest BCUT2D eigenvalue weighted by molar-refractivity contribution is 7.99. The zero-order valence-electron chi connectivity index (χ0n) is 18.5. The van der Waals surface area contributed by atoms with E-state index in [0.29, 0.717) is 21.6 Å². The third-order valence-electron chi connectivity index (χ3n) is 4.84. The Morgan fingerprint density at radius 2 is 1.89 bits per heavy atom. The lowest BCUT2D eigenvalue weighted by Gasteiger charge is -2.10. The lowest BCUT2D eigenvalue weighted by Crippen LogP contribution is -2.20. The number of thioether (sulfide) groups is 1. The summed E-state index contributed by atoms with van der Waals surface area (Å²) in [5, 5.41) is 24.6. The molecule has 0 bridgehead atoms. The number of carbonyl (C=O) groups excluding carboxylic acids is 1. The lowest BCUT2D eigenvalue weighted by atomic mass is 10.2. The second-order valence-electron chi connectivity index (χ2n) is 7.42. The molecule has 0 unspecified atom stereocenters. The van der Waals surface area contributed by atoms with E-state index in [9.17, 15) is 14.9 Å².